The maximum absolute atomic E-state index is 12.6. The van der Waals surface area contributed by atoms with E-state index in [-0.39, 0.29) is 53.6 Å². The highest BCUT2D eigenvalue weighted by Gasteiger charge is 2.30. The van der Waals surface area contributed by atoms with Crippen molar-refractivity contribution in [1.29, 1.82) is 0 Å². The number of carbonyl (C=O) groups excluding carboxylic acids is 1. The Balaban J connectivity index is 1.47. The summed E-state index contributed by atoms with van der Waals surface area (Å²) in [6, 6.07) is 9.65. The van der Waals surface area contributed by atoms with Gasteiger partial charge in [-0.2, -0.15) is 4.31 Å². The van der Waals surface area contributed by atoms with Gasteiger partial charge < -0.3 is 4.90 Å². The summed E-state index contributed by atoms with van der Waals surface area (Å²) >= 11 is 1.15. The van der Waals surface area contributed by atoms with Gasteiger partial charge in [0.25, 0.3) is 21.1 Å². The number of nitrogens with one attached hydrogen (secondary N) is 1. The number of rotatable bonds is 4. The highest BCUT2D eigenvalue weighted by molar-refractivity contribution is 7.91. The molecule has 1 aliphatic rings. The molecule has 1 aromatic carbocycles. The highest BCUT2D eigenvalue weighted by Crippen LogP contribution is 2.22. The van der Waals surface area contributed by atoms with Gasteiger partial charge in [-0.1, -0.05) is 18.2 Å². The predicted molar refractivity (Wildman–Crippen MR) is 108 cm³/mol. The average Bonchev–Trinajstić information content (AvgIpc) is 3.28. The SMILES string of the molecule is O=C(Cn1[nH]c(=O)c2ccccc2c1=O)N1CCN(S(=O)(=O)c2cccs2)CC1. The summed E-state index contributed by atoms with van der Waals surface area (Å²) in [5, 5.41) is 4.66. The summed E-state index contributed by atoms with van der Waals surface area (Å²) in [5.74, 6) is -0.355. The number of aromatic amines is 1. The van der Waals surface area contributed by atoms with E-state index in [9.17, 15) is 22.8 Å². The van der Waals surface area contributed by atoms with E-state index in [0.29, 0.717) is 0 Å². The number of thiophene rings is 1. The molecule has 29 heavy (non-hydrogen) atoms. The van der Waals surface area contributed by atoms with E-state index in [1.54, 1.807) is 41.8 Å². The zero-order valence-corrected chi connectivity index (χ0v) is 16.9. The number of fused-ring (bicyclic) bond motifs is 1. The first kappa shape index (κ1) is 19.6. The molecule has 0 bridgehead atoms. The molecule has 0 atom stereocenters. The molecule has 1 saturated heterocycles. The van der Waals surface area contributed by atoms with E-state index in [1.807, 2.05) is 0 Å². The number of amides is 1. The molecule has 11 heteroatoms. The fourth-order valence-electron chi connectivity index (χ4n) is 3.31. The van der Waals surface area contributed by atoms with E-state index in [4.69, 9.17) is 0 Å². The lowest BCUT2D eigenvalue weighted by Crippen LogP contribution is -2.51. The second kappa shape index (κ2) is 7.58. The van der Waals surface area contributed by atoms with Gasteiger partial charge in [0.05, 0.1) is 10.8 Å². The topological polar surface area (TPSA) is 113 Å². The van der Waals surface area contributed by atoms with Crippen LogP contribution in [0.2, 0.25) is 0 Å². The maximum Gasteiger partial charge on any atom is 0.273 e. The van der Waals surface area contributed by atoms with Crippen LogP contribution in [0.1, 0.15) is 0 Å². The van der Waals surface area contributed by atoms with Crippen LogP contribution < -0.4 is 11.1 Å². The zero-order chi connectivity index (χ0) is 20.6. The van der Waals surface area contributed by atoms with Crippen LogP contribution in [-0.4, -0.2) is 59.5 Å². The summed E-state index contributed by atoms with van der Waals surface area (Å²) in [6.07, 6.45) is 0. The summed E-state index contributed by atoms with van der Waals surface area (Å²) in [4.78, 5) is 38.8. The molecule has 1 N–H and O–H groups in total. The van der Waals surface area contributed by atoms with Crippen LogP contribution in [-0.2, 0) is 21.4 Å². The van der Waals surface area contributed by atoms with Gasteiger partial charge in [-0.05, 0) is 23.6 Å². The third-order valence-corrected chi connectivity index (χ3v) is 8.13. The van der Waals surface area contributed by atoms with Crippen molar-refractivity contribution in [1.82, 2.24) is 19.0 Å². The number of hydrogen-bond acceptors (Lipinski definition) is 6. The van der Waals surface area contributed by atoms with Gasteiger partial charge in [-0.25, -0.2) is 13.1 Å². The minimum atomic E-state index is -3.55. The molecule has 0 radical (unpaired) electrons. The van der Waals surface area contributed by atoms with Crippen molar-refractivity contribution in [2.45, 2.75) is 10.8 Å². The maximum atomic E-state index is 12.6. The van der Waals surface area contributed by atoms with Gasteiger partial charge >= 0.3 is 0 Å². The quantitative estimate of drug-likeness (QED) is 0.634. The number of carbonyl (C=O) groups is 1. The normalized spacial score (nSPS) is 15.7. The molecule has 0 saturated carbocycles. The number of H-pyrrole nitrogens is 1. The summed E-state index contributed by atoms with van der Waals surface area (Å²) in [5.41, 5.74) is -0.896. The molecule has 0 aliphatic carbocycles. The first-order valence-corrected chi connectivity index (χ1v) is 11.2. The second-order valence-corrected chi connectivity index (χ2v) is 9.71. The third-order valence-electron chi connectivity index (χ3n) is 4.86. The Hall–Kier alpha value is -2.76. The molecule has 9 nitrogen and oxygen atoms in total. The highest BCUT2D eigenvalue weighted by atomic mass is 32.2. The number of nitrogens with zero attached hydrogens (tertiary/aromatic N) is 3. The number of sulfonamides is 1. The number of benzene rings is 1. The Morgan fingerprint density at radius 1 is 1.00 bits per heavy atom. The Kier molecular flexibility index (Phi) is 5.11. The third kappa shape index (κ3) is 3.63. The van der Waals surface area contributed by atoms with E-state index in [0.717, 1.165) is 16.0 Å². The Labute approximate surface area is 169 Å². The summed E-state index contributed by atoms with van der Waals surface area (Å²) in [7, 11) is -3.55. The smallest absolute Gasteiger partial charge is 0.273 e. The summed E-state index contributed by atoms with van der Waals surface area (Å²) in [6.45, 7) is 0.479. The van der Waals surface area contributed by atoms with Crippen molar-refractivity contribution >= 4 is 38.0 Å². The Morgan fingerprint density at radius 2 is 1.69 bits per heavy atom. The van der Waals surface area contributed by atoms with Gasteiger partial charge in [0.2, 0.25) is 5.91 Å². The molecule has 4 rings (SSSR count). The van der Waals surface area contributed by atoms with Crippen LogP contribution in [0.25, 0.3) is 10.8 Å². The molecule has 0 unspecified atom stereocenters. The van der Waals surface area contributed by atoms with Crippen molar-refractivity contribution in [3.05, 3.63) is 62.5 Å². The van der Waals surface area contributed by atoms with Crippen LogP contribution in [0.15, 0.2) is 55.6 Å². The molecular weight excluding hydrogens is 416 g/mol. The monoisotopic (exact) mass is 434 g/mol. The average molecular weight is 434 g/mol. The molecule has 3 heterocycles. The standard InChI is InChI=1S/C18H18N4O5S2/c23-15(12-22-18(25)14-5-2-1-4-13(14)17(24)19-22)20-7-9-21(10-8-20)29(26,27)16-6-3-11-28-16/h1-6,11H,7-10,12H2,(H,19,24). The predicted octanol–water partition coefficient (Wildman–Crippen LogP) is 0.284. The lowest BCUT2D eigenvalue weighted by atomic mass is 10.2. The molecule has 0 spiro atoms. The van der Waals surface area contributed by atoms with Crippen molar-refractivity contribution < 1.29 is 13.2 Å². The van der Waals surface area contributed by atoms with E-state index in [1.165, 1.54) is 9.21 Å². The number of aromatic nitrogens is 2. The molecular formula is C18H18N4O5S2. The lowest BCUT2D eigenvalue weighted by Gasteiger charge is -2.33. The van der Waals surface area contributed by atoms with Crippen LogP contribution in [0.4, 0.5) is 0 Å². The molecule has 2 aromatic heterocycles. The minimum absolute atomic E-state index is 0.176. The lowest BCUT2D eigenvalue weighted by molar-refractivity contribution is -0.133. The van der Waals surface area contributed by atoms with E-state index in [2.05, 4.69) is 5.10 Å². The van der Waals surface area contributed by atoms with Crippen LogP contribution >= 0.6 is 11.3 Å². The zero-order valence-electron chi connectivity index (χ0n) is 15.3. The van der Waals surface area contributed by atoms with Crippen molar-refractivity contribution in [2.75, 3.05) is 26.2 Å². The number of hydrogen-bond donors (Lipinski definition) is 1. The fourth-order valence-corrected chi connectivity index (χ4v) is 5.88. The molecule has 1 fully saturated rings. The van der Waals surface area contributed by atoms with Gasteiger partial charge in [-0.15, -0.1) is 11.3 Å². The van der Waals surface area contributed by atoms with Crippen molar-refractivity contribution in [2.24, 2.45) is 0 Å². The van der Waals surface area contributed by atoms with Crippen LogP contribution in [0.5, 0.6) is 0 Å². The largest absolute Gasteiger partial charge is 0.338 e. The Bertz CT molecular complexity index is 1270. The van der Waals surface area contributed by atoms with E-state index < -0.39 is 21.1 Å². The molecule has 3 aromatic rings. The van der Waals surface area contributed by atoms with E-state index >= 15 is 0 Å². The van der Waals surface area contributed by atoms with Gasteiger partial charge in [-0.3, -0.25) is 19.5 Å². The van der Waals surface area contributed by atoms with Crippen molar-refractivity contribution in [3.63, 3.8) is 0 Å². The van der Waals surface area contributed by atoms with Crippen LogP contribution in [0.3, 0.4) is 0 Å². The van der Waals surface area contributed by atoms with Gasteiger partial charge in [0, 0.05) is 26.2 Å². The van der Waals surface area contributed by atoms with Gasteiger partial charge in [0.15, 0.2) is 0 Å². The second-order valence-electron chi connectivity index (χ2n) is 6.59. The number of piperazine rings is 1. The first-order chi connectivity index (χ1) is 13.9. The molecule has 152 valence electrons. The fraction of sp³-hybridized carbons (Fsp3) is 0.278. The minimum Gasteiger partial charge on any atom is -0.338 e. The van der Waals surface area contributed by atoms with Gasteiger partial charge in [0.1, 0.15) is 10.8 Å². The van der Waals surface area contributed by atoms with Crippen molar-refractivity contribution in [3.8, 4) is 0 Å². The first-order valence-electron chi connectivity index (χ1n) is 8.91. The van der Waals surface area contributed by atoms with Crippen LogP contribution in [0, 0.1) is 0 Å². The molecule has 1 amide bonds. The Morgan fingerprint density at radius 3 is 2.34 bits per heavy atom. The molecule has 1 aliphatic heterocycles. The summed E-state index contributed by atoms with van der Waals surface area (Å²) < 4.78 is 27.8.